The number of benzene rings is 2. The molecule has 0 aliphatic carbocycles. The van der Waals surface area contributed by atoms with E-state index in [1.165, 1.54) is 20.4 Å². The molecular formula is C15H14IN. The van der Waals surface area contributed by atoms with Crippen molar-refractivity contribution in [2.75, 3.05) is 11.4 Å². The second-order valence-electron chi connectivity index (χ2n) is 4.39. The summed E-state index contributed by atoms with van der Waals surface area (Å²) in [5.41, 5.74) is 4.34. The van der Waals surface area contributed by atoms with E-state index in [-0.39, 0.29) is 0 Å². The van der Waals surface area contributed by atoms with Gasteiger partial charge >= 0.3 is 0 Å². The molecule has 1 nitrogen and oxygen atoms in total. The lowest BCUT2D eigenvalue weighted by molar-refractivity contribution is 0.730. The van der Waals surface area contributed by atoms with Gasteiger partial charge in [-0.15, -0.1) is 0 Å². The molecular weight excluding hydrogens is 321 g/mol. The van der Waals surface area contributed by atoms with Crippen LogP contribution in [0.4, 0.5) is 5.69 Å². The minimum absolute atomic E-state index is 1.04. The lowest BCUT2D eigenvalue weighted by Gasteiger charge is -2.31. The average molecular weight is 335 g/mol. The number of nitrogens with zero attached hydrogens (tertiary/aromatic N) is 1. The fourth-order valence-electron chi connectivity index (χ4n) is 2.41. The summed E-state index contributed by atoms with van der Waals surface area (Å²) in [5.74, 6) is 0. The standard InChI is InChI=1S/C15H14IN/c16-14-7-3-4-8-15(14)17-10-9-12-5-1-2-6-13(12)11-17/h1-8H,9-11H2. The van der Waals surface area contributed by atoms with Gasteiger partial charge in [0, 0.05) is 16.7 Å². The normalized spacial score (nSPS) is 14.5. The van der Waals surface area contributed by atoms with Crippen LogP contribution in [0.15, 0.2) is 48.5 Å². The minimum Gasteiger partial charge on any atom is -0.366 e. The molecule has 1 aliphatic heterocycles. The van der Waals surface area contributed by atoms with Crippen LogP contribution in [0.3, 0.4) is 0 Å². The molecule has 0 aromatic heterocycles. The number of hydrogen-bond acceptors (Lipinski definition) is 1. The SMILES string of the molecule is Ic1ccccc1N1CCc2ccccc2C1. The fourth-order valence-corrected chi connectivity index (χ4v) is 3.14. The zero-order valence-electron chi connectivity index (χ0n) is 9.57. The van der Waals surface area contributed by atoms with Gasteiger partial charge in [0.25, 0.3) is 0 Å². The van der Waals surface area contributed by atoms with E-state index < -0.39 is 0 Å². The van der Waals surface area contributed by atoms with E-state index >= 15 is 0 Å². The van der Waals surface area contributed by atoms with Crippen LogP contribution >= 0.6 is 22.6 Å². The Labute approximate surface area is 116 Å². The van der Waals surface area contributed by atoms with Gasteiger partial charge in [-0.1, -0.05) is 36.4 Å². The molecule has 1 aliphatic rings. The van der Waals surface area contributed by atoms with Crippen molar-refractivity contribution in [3.8, 4) is 0 Å². The Morgan fingerprint density at radius 1 is 0.882 bits per heavy atom. The molecule has 0 fully saturated rings. The first-order valence-electron chi connectivity index (χ1n) is 5.91. The molecule has 0 unspecified atom stereocenters. The largest absolute Gasteiger partial charge is 0.366 e. The Morgan fingerprint density at radius 3 is 2.41 bits per heavy atom. The van der Waals surface area contributed by atoms with Crippen molar-refractivity contribution < 1.29 is 0 Å². The van der Waals surface area contributed by atoms with E-state index in [2.05, 4.69) is 76.0 Å². The zero-order valence-corrected chi connectivity index (χ0v) is 11.7. The number of halogens is 1. The summed E-state index contributed by atoms with van der Waals surface area (Å²) in [6, 6.07) is 17.4. The number of anilines is 1. The van der Waals surface area contributed by atoms with Crippen LogP contribution in [0.5, 0.6) is 0 Å². The first-order chi connectivity index (χ1) is 8.34. The highest BCUT2D eigenvalue weighted by atomic mass is 127. The molecule has 0 saturated heterocycles. The maximum Gasteiger partial charge on any atom is 0.0505 e. The van der Waals surface area contributed by atoms with E-state index in [0.29, 0.717) is 0 Å². The van der Waals surface area contributed by atoms with E-state index in [4.69, 9.17) is 0 Å². The van der Waals surface area contributed by atoms with Crippen molar-refractivity contribution >= 4 is 28.3 Å². The van der Waals surface area contributed by atoms with Gasteiger partial charge in [0.05, 0.1) is 5.69 Å². The molecule has 2 aromatic carbocycles. The Bertz CT molecular complexity index is 536. The Hall–Kier alpha value is -1.03. The summed E-state index contributed by atoms with van der Waals surface area (Å²) in [6.45, 7) is 2.16. The van der Waals surface area contributed by atoms with Crippen molar-refractivity contribution in [2.24, 2.45) is 0 Å². The third-order valence-electron chi connectivity index (χ3n) is 3.32. The summed E-state index contributed by atoms with van der Waals surface area (Å²) in [6.07, 6.45) is 1.15. The van der Waals surface area contributed by atoms with E-state index in [1.807, 2.05) is 0 Å². The maximum atomic E-state index is 2.48. The minimum atomic E-state index is 1.04. The van der Waals surface area contributed by atoms with Gasteiger partial charge in [0.1, 0.15) is 0 Å². The van der Waals surface area contributed by atoms with E-state index in [0.717, 1.165) is 19.5 Å². The molecule has 0 atom stereocenters. The fraction of sp³-hybridized carbons (Fsp3) is 0.200. The molecule has 86 valence electrons. The third-order valence-corrected chi connectivity index (χ3v) is 4.24. The molecule has 0 bridgehead atoms. The van der Waals surface area contributed by atoms with Crippen LogP contribution in [0.2, 0.25) is 0 Å². The summed E-state index contributed by atoms with van der Waals surface area (Å²) in [7, 11) is 0. The van der Waals surface area contributed by atoms with Crippen LogP contribution in [-0.4, -0.2) is 6.54 Å². The van der Waals surface area contributed by atoms with Crippen LogP contribution < -0.4 is 4.90 Å². The lowest BCUT2D eigenvalue weighted by Crippen LogP contribution is -2.30. The van der Waals surface area contributed by atoms with Crippen molar-refractivity contribution in [3.05, 3.63) is 63.2 Å². The van der Waals surface area contributed by atoms with Crippen molar-refractivity contribution in [3.63, 3.8) is 0 Å². The van der Waals surface area contributed by atoms with E-state index in [9.17, 15) is 0 Å². The Morgan fingerprint density at radius 2 is 1.59 bits per heavy atom. The average Bonchev–Trinajstić information content (AvgIpc) is 2.39. The van der Waals surface area contributed by atoms with Crippen LogP contribution in [0, 0.1) is 3.57 Å². The van der Waals surface area contributed by atoms with Gasteiger partial charge < -0.3 is 4.90 Å². The Balaban J connectivity index is 1.92. The van der Waals surface area contributed by atoms with Gasteiger partial charge in [0.15, 0.2) is 0 Å². The molecule has 0 spiro atoms. The number of fused-ring (bicyclic) bond motifs is 1. The highest BCUT2D eigenvalue weighted by molar-refractivity contribution is 14.1. The lowest BCUT2D eigenvalue weighted by atomic mass is 9.99. The summed E-state index contributed by atoms with van der Waals surface area (Å²) in [4.78, 5) is 2.48. The summed E-state index contributed by atoms with van der Waals surface area (Å²) in [5, 5.41) is 0. The molecule has 0 N–H and O–H groups in total. The summed E-state index contributed by atoms with van der Waals surface area (Å²) >= 11 is 2.42. The third kappa shape index (κ3) is 2.18. The molecule has 2 aromatic rings. The van der Waals surface area contributed by atoms with Crippen molar-refractivity contribution in [1.29, 1.82) is 0 Å². The molecule has 1 heterocycles. The smallest absolute Gasteiger partial charge is 0.0505 e. The summed E-state index contributed by atoms with van der Waals surface area (Å²) < 4.78 is 1.34. The molecule has 2 heteroatoms. The first-order valence-corrected chi connectivity index (χ1v) is 6.99. The predicted molar refractivity (Wildman–Crippen MR) is 80.4 cm³/mol. The van der Waals surface area contributed by atoms with Gasteiger partial charge in [-0.3, -0.25) is 0 Å². The number of hydrogen-bond donors (Lipinski definition) is 0. The predicted octanol–water partition coefficient (Wildman–Crippen LogP) is 3.85. The zero-order chi connectivity index (χ0) is 11.7. The monoisotopic (exact) mass is 335 g/mol. The van der Waals surface area contributed by atoms with Gasteiger partial charge in [-0.05, 0) is 52.3 Å². The Kier molecular flexibility index (Phi) is 3.05. The van der Waals surface area contributed by atoms with Gasteiger partial charge in [-0.25, -0.2) is 0 Å². The second-order valence-corrected chi connectivity index (χ2v) is 5.55. The molecule has 3 rings (SSSR count). The molecule has 0 amide bonds. The van der Waals surface area contributed by atoms with Gasteiger partial charge in [-0.2, -0.15) is 0 Å². The topological polar surface area (TPSA) is 3.24 Å². The molecule has 17 heavy (non-hydrogen) atoms. The van der Waals surface area contributed by atoms with E-state index in [1.54, 1.807) is 0 Å². The van der Waals surface area contributed by atoms with Crippen LogP contribution in [0.1, 0.15) is 11.1 Å². The van der Waals surface area contributed by atoms with Crippen molar-refractivity contribution in [2.45, 2.75) is 13.0 Å². The highest BCUT2D eigenvalue weighted by Gasteiger charge is 2.17. The van der Waals surface area contributed by atoms with Crippen molar-refractivity contribution in [1.82, 2.24) is 0 Å². The second kappa shape index (κ2) is 4.69. The quantitative estimate of drug-likeness (QED) is 0.716. The number of para-hydroxylation sites is 1. The maximum absolute atomic E-state index is 2.48. The molecule has 0 radical (unpaired) electrons. The first kappa shape index (κ1) is 11.1. The molecule has 0 saturated carbocycles. The highest BCUT2D eigenvalue weighted by Crippen LogP contribution is 2.27. The van der Waals surface area contributed by atoms with Gasteiger partial charge in [0.2, 0.25) is 0 Å². The number of rotatable bonds is 1. The van der Waals surface area contributed by atoms with Crippen LogP contribution in [-0.2, 0) is 13.0 Å². The van der Waals surface area contributed by atoms with Crippen LogP contribution in [0.25, 0.3) is 0 Å².